The minimum absolute atomic E-state index is 0.0221. The van der Waals surface area contributed by atoms with E-state index >= 15 is 0 Å². The molecule has 0 saturated carbocycles. The molecule has 1 fully saturated rings. The van der Waals surface area contributed by atoms with Gasteiger partial charge in [0.1, 0.15) is 0 Å². The standard InChI is InChI=1S/C14H19BrF3N3O/c1-9-4-3-6-20(8-9)11(22)5-7-21-10(2)12(15)13(19-21)14(16,17)18/h9H,3-8H2,1-2H3/t9-/m0/s1. The van der Waals surface area contributed by atoms with Crippen LogP contribution in [0.25, 0.3) is 0 Å². The Balaban J connectivity index is 2.01. The summed E-state index contributed by atoms with van der Waals surface area (Å²) >= 11 is 2.93. The highest BCUT2D eigenvalue weighted by atomic mass is 79.9. The van der Waals surface area contributed by atoms with Crippen LogP contribution in [0, 0.1) is 12.8 Å². The van der Waals surface area contributed by atoms with Gasteiger partial charge in [-0.2, -0.15) is 18.3 Å². The lowest BCUT2D eigenvalue weighted by Crippen LogP contribution is -2.39. The Morgan fingerprint density at radius 3 is 2.68 bits per heavy atom. The maximum atomic E-state index is 12.8. The summed E-state index contributed by atoms with van der Waals surface area (Å²) in [7, 11) is 0. The summed E-state index contributed by atoms with van der Waals surface area (Å²) < 4.78 is 39.6. The molecule has 0 bridgehead atoms. The topological polar surface area (TPSA) is 38.1 Å². The fraction of sp³-hybridized carbons (Fsp3) is 0.714. The molecule has 1 aliphatic rings. The molecule has 0 aromatic carbocycles. The highest BCUT2D eigenvalue weighted by molar-refractivity contribution is 9.10. The van der Waals surface area contributed by atoms with Gasteiger partial charge >= 0.3 is 6.18 Å². The average molecular weight is 382 g/mol. The number of carbonyl (C=O) groups excluding carboxylic acids is 1. The van der Waals surface area contributed by atoms with E-state index in [0.29, 0.717) is 11.6 Å². The van der Waals surface area contributed by atoms with Crippen molar-refractivity contribution in [3.8, 4) is 0 Å². The van der Waals surface area contributed by atoms with Gasteiger partial charge in [0.15, 0.2) is 5.69 Å². The van der Waals surface area contributed by atoms with E-state index < -0.39 is 11.9 Å². The zero-order valence-corrected chi connectivity index (χ0v) is 14.2. The number of piperidine rings is 1. The molecular weight excluding hydrogens is 363 g/mol. The quantitative estimate of drug-likeness (QED) is 0.801. The molecule has 1 aromatic heterocycles. The van der Waals surface area contributed by atoms with E-state index in [4.69, 9.17) is 0 Å². The monoisotopic (exact) mass is 381 g/mol. The Morgan fingerprint density at radius 1 is 1.45 bits per heavy atom. The van der Waals surface area contributed by atoms with Gasteiger partial charge in [-0.3, -0.25) is 9.48 Å². The molecule has 4 nitrogen and oxygen atoms in total. The first-order valence-electron chi connectivity index (χ1n) is 7.28. The van der Waals surface area contributed by atoms with Crippen molar-refractivity contribution in [3.05, 3.63) is 15.9 Å². The van der Waals surface area contributed by atoms with E-state index in [1.54, 1.807) is 11.8 Å². The average Bonchev–Trinajstić information content (AvgIpc) is 2.72. The molecule has 2 rings (SSSR count). The number of amides is 1. The number of halogens is 4. The van der Waals surface area contributed by atoms with E-state index in [2.05, 4.69) is 28.0 Å². The molecule has 1 amide bonds. The third-order valence-corrected chi connectivity index (χ3v) is 4.90. The van der Waals surface area contributed by atoms with Crippen LogP contribution < -0.4 is 0 Å². The molecule has 0 spiro atoms. The molecule has 1 aliphatic heterocycles. The first-order chi connectivity index (χ1) is 10.2. The minimum Gasteiger partial charge on any atom is -0.342 e. The second kappa shape index (κ2) is 6.60. The van der Waals surface area contributed by atoms with Gasteiger partial charge in [0.05, 0.1) is 16.7 Å². The van der Waals surface area contributed by atoms with Crippen LogP contribution in [-0.4, -0.2) is 33.7 Å². The van der Waals surface area contributed by atoms with E-state index in [1.807, 2.05) is 0 Å². The summed E-state index contributed by atoms with van der Waals surface area (Å²) in [5, 5.41) is 3.59. The van der Waals surface area contributed by atoms with Crippen molar-refractivity contribution in [1.82, 2.24) is 14.7 Å². The van der Waals surface area contributed by atoms with E-state index in [0.717, 1.165) is 25.9 Å². The Bertz CT molecular complexity index is 556. The number of aryl methyl sites for hydroxylation is 1. The van der Waals surface area contributed by atoms with Crippen molar-refractivity contribution in [2.45, 2.75) is 45.8 Å². The normalized spacial score (nSPS) is 19.5. The van der Waals surface area contributed by atoms with Crippen molar-refractivity contribution in [2.24, 2.45) is 5.92 Å². The maximum Gasteiger partial charge on any atom is 0.436 e. The van der Waals surface area contributed by atoms with Crippen molar-refractivity contribution < 1.29 is 18.0 Å². The predicted octanol–water partition coefficient (Wildman–Crippen LogP) is 3.62. The number of likely N-dealkylation sites (tertiary alicyclic amines) is 1. The smallest absolute Gasteiger partial charge is 0.342 e. The number of carbonyl (C=O) groups is 1. The number of nitrogens with zero attached hydrogens (tertiary/aromatic N) is 3. The van der Waals surface area contributed by atoms with Crippen LogP contribution in [0.15, 0.2) is 4.47 Å². The van der Waals surface area contributed by atoms with Crippen LogP contribution in [0.3, 0.4) is 0 Å². The predicted molar refractivity (Wildman–Crippen MR) is 79.3 cm³/mol. The zero-order valence-electron chi connectivity index (χ0n) is 12.6. The Labute approximate surface area is 135 Å². The molecule has 8 heteroatoms. The molecule has 1 atom stereocenters. The van der Waals surface area contributed by atoms with E-state index in [1.165, 1.54) is 4.68 Å². The summed E-state index contributed by atoms with van der Waals surface area (Å²) in [5.41, 5.74) is -0.559. The van der Waals surface area contributed by atoms with Gasteiger partial charge in [0.2, 0.25) is 5.91 Å². The molecular formula is C14H19BrF3N3O. The second-order valence-corrected chi connectivity index (χ2v) is 6.60. The molecule has 0 radical (unpaired) electrons. The van der Waals surface area contributed by atoms with E-state index in [9.17, 15) is 18.0 Å². The number of alkyl halides is 3. The summed E-state index contributed by atoms with van der Waals surface area (Å²) in [6, 6.07) is 0. The molecule has 0 aliphatic carbocycles. The van der Waals surface area contributed by atoms with Crippen molar-refractivity contribution in [2.75, 3.05) is 13.1 Å². The number of rotatable bonds is 3. The Kier molecular flexibility index (Phi) is 5.19. The summed E-state index contributed by atoms with van der Waals surface area (Å²) in [5.74, 6) is 0.459. The lowest BCUT2D eigenvalue weighted by Gasteiger charge is -2.31. The number of aromatic nitrogens is 2. The van der Waals surface area contributed by atoms with Gasteiger partial charge in [-0.1, -0.05) is 6.92 Å². The number of hydrogen-bond donors (Lipinski definition) is 0. The van der Waals surface area contributed by atoms with Crippen LogP contribution in [0.4, 0.5) is 13.2 Å². The first kappa shape index (κ1) is 17.3. The van der Waals surface area contributed by atoms with Gasteiger partial charge in [-0.15, -0.1) is 0 Å². The van der Waals surface area contributed by atoms with Crippen LogP contribution in [0.1, 0.15) is 37.6 Å². The fourth-order valence-electron chi connectivity index (χ4n) is 2.70. The summed E-state index contributed by atoms with van der Waals surface area (Å²) in [6.07, 6.45) is -2.23. The molecule has 0 N–H and O–H groups in total. The Hall–Kier alpha value is -1.05. The molecule has 1 saturated heterocycles. The van der Waals surface area contributed by atoms with Gasteiger partial charge < -0.3 is 4.90 Å². The third-order valence-electron chi connectivity index (χ3n) is 3.95. The zero-order chi connectivity index (χ0) is 16.5. The van der Waals surface area contributed by atoms with Crippen LogP contribution in [0.2, 0.25) is 0 Å². The minimum atomic E-state index is -4.50. The summed E-state index contributed by atoms with van der Waals surface area (Å²) in [6.45, 7) is 5.28. The second-order valence-electron chi connectivity index (χ2n) is 5.81. The lowest BCUT2D eigenvalue weighted by atomic mass is 10.00. The molecule has 2 heterocycles. The van der Waals surface area contributed by atoms with Crippen molar-refractivity contribution in [3.63, 3.8) is 0 Å². The molecule has 0 unspecified atom stereocenters. The van der Waals surface area contributed by atoms with Crippen molar-refractivity contribution >= 4 is 21.8 Å². The molecule has 22 heavy (non-hydrogen) atoms. The largest absolute Gasteiger partial charge is 0.436 e. The molecule has 124 valence electrons. The maximum absolute atomic E-state index is 12.8. The third kappa shape index (κ3) is 3.83. The highest BCUT2D eigenvalue weighted by Gasteiger charge is 2.38. The van der Waals surface area contributed by atoms with Gasteiger partial charge in [-0.25, -0.2) is 0 Å². The van der Waals surface area contributed by atoms with E-state index in [-0.39, 0.29) is 23.3 Å². The SMILES string of the molecule is Cc1c(Br)c(C(F)(F)F)nn1CCC(=O)N1CCC[C@H](C)C1. The van der Waals surface area contributed by atoms with Crippen LogP contribution in [0.5, 0.6) is 0 Å². The van der Waals surface area contributed by atoms with Gasteiger partial charge in [0.25, 0.3) is 0 Å². The van der Waals surface area contributed by atoms with Crippen LogP contribution in [-0.2, 0) is 17.5 Å². The van der Waals surface area contributed by atoms with Gasteiger partial charge in [0, 0.05) is 19.5 Å². The summed E-state index contributed by atoms with van der Waals surface area (Å²) in [4.78, 5) is 14.0. The Morgan fingerprint density at radius 2 is 2.14 bits per heavy atom. The highest BCUT2D eigenvalue weighted by Crippen LogP contribution is 2.35. The van der Waals surface area contributed by atoms with Crippen LogP contribution >= 0.6 is 15.9 Å². The fourth-order valence-corrected chi connectivity index (χ4v) is 3.21. The van der Waals surface area contributed by atoms with Crippen molar-refractivity contribution in [1.29, 1.82) is 0 Å². The lowest BCUT2D eigenvalue weighted by molar-refractivity contribution is -0.142. The molecule has 1 aromatic rings. The first-order valence-corrected chi connectivity index (χ1v) is 8.07. The van der Waals surface area contributed by atoms with Gasteiger partial charge in [-0.05, 0) is 41.6 Å². The number of hydrogen-bond acceptors (Lipinski definition) is 2.